The molecular weight excluding hydrogens is 250 g/mol. The number of aromatic nitrogens is 2. The van der Waals surface area contributed by atoms with Crippen molar-refractivity contribution in [1.29, 1.82) is 0 Å². The van der Waals surface area contributed by atoms with Gasteiger partial charge in [-0.3, -0.25) is 9.40 Å². The van der Waals surface area contributed by atoms with Crippen molar-refractivity contribution in [3.05, 3.63) is 41.6 Å². The fourth-order valence-corrected chi connectivity index (χ4v) is 3.08. The monoisotopic (exact) mass is 265 g/mol. The molecular formula is C12H15N3O2S. The Morgan fingerprint density at radius 2 is 1.94 bits per heavy atom. The maximum Gasteiger partial charge on any atom is 0.263 e. The summed E-state index contributed by atoms with van der Waals surface area (Å²) in [6, 6.07) is 6.85. The predicted octanol–water partition coefficient (Wildman–Crippen LogP) is 1.84. The third-order valence-corrected chi connectivity index (χ3v) is 4.19. The molecule has 0 aliphatic rings. The Bertz CT molecular complexity index is 674. The Labute approximate surface area is 107 Å². The zero-order valence-electron chi connectivity index (χ0n) is 10.5. The Kier molecular flexibility index (Phi) is 3.13. The van der Waals surface area contributed by atoms with Crippen molar-refractivity contribution >= 4 is 15.8 Å². The van der Waals surface area contributed by atoms with Gasteiger partial charge in [-0.05, 0) is 25.5 Å². The molecule has 0 spiro atoms. The molecule has 0 saturated carbocycles. The van der Waals surface area contributed by atoms with Crippen molar-refractivity contribution in [2.75, 3.05) is 4.72 Å². The van der Waals surface area contributed by atoms with Crippen LogP contribution in [0.4, 0.5) is 5.82 Å². The Hall–Kier alpha value is -1.82. The average molecular weight is 265 g/mol. The minimum atomic E-state index is -3.56. The highest BCUT2D eigenvalue weighted by atomic mass is 32.2. The summed E-state index contributed by atoms with van der Waals surface area (Å²) >= 11 is 0. The van der Waals surface area contributed by atoms with Crippen molar-refractivity contribution < 1.29 is 8.42 Å². The van der Waals surface area contributed by atoms with Gasteiger partial charge < -0.3 is 0 Å². The van der Waals surface area contributed by atoms with Crippen LogP contribution < -0.4 is 4.72 Å². The predicted molar refractivity (Wildman–Crippen MR) is 69.9 cm³/mol. The minimum Gasteiger partial charge on any atom is -0.264 e. The zero-order chi connectivity index (χ0) is 13.3. The van der Waals surface area contributed by atoms with E-state index in [4.69, 9.17) is 0 Å². The number of hydrogen-bond acceptors (Lipinski definition) is 3. The van der Waals surface area contributed by atoms with Gasteiger partial charge in [-0.25, -0.2) is 8.42 Å². The minimum absolute atomic E-state index is 0.286. The lowest BCUT2D eigenvalue weighted by atomic mass is 10.2. The van der Waals surface area contributed by atoms with Gasteiger partial charge in [0.2, 0.25) is 0 Å². The molecule has 0 aliphatic heterocycles. The number of nitrogens with zero attached hydrogens (tertiary/aromatic N) is 2. The molecule has 0 atom stereocenters. The quantitative estimate of drug-likeness (QED) is 0.921. The second kappa shape index (κ2) is 4.45. The molecule has 1 aromatic heterocycles. The van der Waals surface area contributed by atoms with Crippen LogP contribution >= 0.6 is 0 Å². The molecule has 2 rings (SSSR count). The SMILES string of the molecule is Cc1ccc(S(=O)(=O)Nc2ccnn2C)c(C)c1. The second-order valence-corrected chi connectivity index (χ2v) is 5.87. The smallest absolute Gasteiger partial charge is 0.263 e. The number of benzene rings is 1. The van der Waals surface area contributed by atoms with E-state index in [0.717, 1.165) is 11.1 Å². The lowest BCUT2D eigenvalue weighted by molar-refractivity contribution is 0.599. The maximum atomic E-state index is 12.2. The molecule has 5 nitrogen and oxygen atoms in total. The van der Waals surface area contributed by atoms with Crippen LogP contribution in [0.15, 0.2) is 35.4 Å². The molecule has 0 bridgehead atoms. The Balaban J connectivity index is 2.40. The third kappa shape index (κ3) is 2.38. The topological polar surface area (TPSA) is 64.0 Å². The largest absolute Gasteiger partial charge is 0.264 e. The summed E-state index contributed by atoms with van der Waals surface area (Å²) in [6.07, 6.45) is 1.54. The molecule has 1 N–H and O–H groups in total. The average Bonchev–Trinajstić information content (AvgIpc) is 2.63. The van der Waals surface area contributed by atoms with E-state index in [-0.39, 0.29) is 4.90 Å². The van der Waals surface area contributed by atoms with E-state index in [9.17, 15) is 8.42 Å². The summed E-state index contributed by atoms with van der Waals surface area (Å²) in [5.41, 5.74) is 1.76. The molecule has 0 radical (unpaired) electrons. The van der Waals surface area contributed by atoms with Crippen molar-refractivity contribution in [2.45, 2.75) is 18.7 Å². The number of sulfonamides is 1. The van der Waals surface area contributed by atoms with Gasteiger partial charge in [0.1, 0.15) is 5.82 Å². The lowest BCUT2D eigenvalue weighted by Gasteiger charge is -2.10. The van der Waals surface area contributed by atoms with Crippen molar-refractivity contribution in [3.8, 4) is 0 Å². The van der Waals surface area contributed by atoms with Crippen molar-refractivity contribution in [1.82, 2.24) is 9.78 Å². The number of hydrogen-bond donors (Lipinski definition) is 1. The summed E-state index contributed by atoms with van der Waals surface area (Å²) in [5, 5.41) is 3.92. The van der Waals surface area contributed by atoms with Crippen LogP contribution in [-0.2, 0) is 17.1 Å². The van der Waals surface area contributed by atoms with Gasteiger partial charge in [0.15, 0.2) is 0 Å². The van der Waals surface area contributed by atoms with Crippen LogP contribution in [0.2, 0.25) is 0 Å². The first kappa shape index (κ1) is 12.6. The van der Waals surface area contributed by atoms with Gasteiger partial charge in [-0.2, -0.15) is 5.10 Å². The summed E-state index contributed by atoms with van der Waals surface area (Å²) in [6.45, 7) is 3.71. The molecule has 1 heterocycles. The van der Waals surface area contributed by atoms with Crippen LogP contribution in [-0.4, -0.2) is 18.2 Å². The van der Waals surface area contributed by atoms with Gasteiger partial charge in [0.25, 0.3) is 10.0 Å². The number of nitrogens with one attached hydrogen (secondary N) is 1. The molecule has 0 saturated heterocycles. The zero-order valence-corrected chi connectivity index (χ0v) is 11.3. The first-order chi connectivity index (χ1) is 8.40. The van der Waals surface area contributed by atoms with Gasteiger partial charge in [0.05, 0.1) is 11.1 Å². The van der Waals surface area contributed by atoms with Crippen LogP contribution in [0.1, 0.15) is 11.1 Å². The van der Waals surface area contributed by atoms with Crippen LogP contribution in [0, 0.1) is 13.8 Å². The van der Waals surface area contributed by atoms with Crippen LogP contribution in [0.25, 0.3) is 0 Å². The van der Waals surface area contributed by atoms with E-state index in [1.54, 1.807) is 38.4 Å². The molecule has 0 fully saturated rings. The first-order valence-electron chi connectivity index (χ1n) is 5.48. The van der Waals surface area contributed by atoms with Gasteiger partial charge >= 0.3 is 0 Å². The highest BCUT2D eigenvalue weighted by Crippen LogP contribution is 2.19. The third-order valence-electron chi connectivity index (χ3n) is 2.68. The van der Waals surface area contributed by atoms with Crippen molar-refractivity contribution in [2.24, 2.45) is 7.05 Å². The molecule has 96 valence electrons. The summed E-state index contributed by atoms with van der Waals surface area (Å²) in [7, 11) is -1.88. The van der Waals surface area contributed by atoms with Crippen LogP contribution in [0.3, 0.4) is 0 Å². The van der Waals surface area contributed by atoms with Crippen molar-refractivity contribution in [3.63, 3.8) is 0 Å². The molecule has 6 heteroatoms. The van der Waals surface area contributed by atoms with E-state index >= 15 is 0 Å². The first-order valence-corrected chi connectivity index (χ1v) is 6.96. The van der Waals surface area contributed by atoms with Gasteiger partial charge in [0, 0.05) is 13.1 Å². The lowest BCUT2D eigenvalue weighted by Crippen LogP contribution is -2.16. The summed E-state index contributed by atoms with van der Waals surface area (Å²) in [4.78, 5) is 0.286. The van der Waals surface area contributed by atoms with Gasteiger partial charge in [-0.15, -0.1) is 0 Å². The normalized spacial score (nSPS) is 11.5. The fourth-order valence-electron chi connectivity index (χ4n) is 1.77. The van der Waals surface area contributed by atoms with E-state index in [1.807, 2.05) is 13.0 Å². The Morgan fingerprint density at radius 3 is 2.50 bits per heavy atom. The van der Waals surface area contributed by atoms with Crippen LogP contribution in [0.5, 0.6) is 0 Å². The second-order valence-electron chi connectivity index (χ2n) is 4.21. The van der Waals surface area contributed by atoms with E-state index in [0.29, 0.717) is 5.82 Å². The highest BCUT2D eigenvalue weighted by Gasteiger charge is 2.17. The standard InChI is InChI=1S/C12H15N3O2S/c1-9-4-5-11(10(2)8-9)18(16,17)14-12-6-7-13-15(12)3/h4-8,14H,1-3H3. The molecule has 2 aromatic rings. The molecule has 0 unspecified atom stereocenters. The van der Waals surface area contributed by atoms with E-state index in [1.165, 1.54) is 4.68 Å². The summed E-state index contributed by atoms with van der Waals surface area (Å²) < 4.78 is 28.5. The van der Waals surface area contributed by atoms with Gasteiger partial charge in [-0.1, -0.05) is 17.7 Å². The Morgan fingerprint density at radius 1 is 1.22 bits per heavy atom. The number of rotatable bonds is 3. The molecule has 18 heavy (non-hydrogen) atoms. The number of aryl methyl sites for hydroxylation is 3. The number of anilines is 1. The highest BCUT2D eigenvalue weighted by molar-refractivity contribution is 7.92. The summed E-state index contributed by atoms with van der Waals surface area (Å²) in [5.74, 6) is 0.440. The maximum absolute atomic E-state index is 12.2. The fraction of sp³-hybridized carbons (Fsp3) is 0.250. The molecule has 1 aromatic carbocycles. The molecule has 0 amide bonds. The molecule has 0 aliphatic carbocycles. The van der Waals surface area contributed by atoms with E-state index < -0.39 is 10.0 Å². The van der Waals surface area contributed by atoms with E-state index in [2.05, 4.69) is 9.82 Å².